The van der Waals surface area contributed by atoms with Crippen molar-refractivity contribution in [2.75, 3.05) is 6.54 Å². The summed E-state index contributed by atoms with van der Waals surface area (Å²) < 4.78 is 5.20. The van der Waals surface area contributed by atoms with E-state index in [1.54, 1.807) is 24.3 Å². The maximum absolute atomic E-state index is 12.3. The number of esters is 1. The van der Waals surface area contributed by atoms with Crippen LogP contribution in [0.1, 0.15) is 30.5 Å². The van der Waals surface area contributed by atoms with Gasteiger partial charge in [0, 0.05) is 11.6 Å². The Balaban J connectivity index is 1.85. The number of nitrogens with two attached hydrogens (primary N) is 1. The zero-order chi connectivity index (χ0) is 21.2. The smallest absolute Gasteiger partial charge is 0.312 e. The molecule has 2 aromatic carbocycles. The van der Waals surface area contributed by atoms with Crippen LogP contribution in [0.4, 0.5) is 4.79 Å². The third kappa shape index (κ3) is 7.83. The SMILES string of the molecule is C[C@@H](OC(=O)C[C@H](NC(N)=O)c1ccc(Cl)cc1)C(=O)NCCc1ccccc1. The molecule has 29 heavy (non-hydrogen) atoms. The van der Waals surface area contributed by atoms with Gasteiger partial charge in [-0.15, -0.1) is 0 Å². The summed E-state index contributed by atoms with van der Waals surface area (Å²) in [6.07, 6.45) is -0.460. The first-order valence-electron chi connectivity index (χ1n) is 9.17. The Morgan fingerprint density at radius 3 is 2.34 bits per heavy atom. The number of benzene rings is 2. The standard InChI is InChI=1S/C21H24ClN3O4/c1-14(20(27)24-12-11-15-5-3-2-4-6-15)29-19(26)13-18(25-21(23)28)16-7-9-17(22)10-8-16/h2-10,14,18H,11-13H2,1H3,(H,24,27)(H3,23,25,28)/t14-,18+/m1/s1. The first kappa shape index (κ1) is 22.2. The quantitative estimate of drug-likeness (QED) is 0.545. The first-order valence-corrected chi connectivity index (χ1v) is 9.55. The highest BCUT2D eigenvalue weighted by molar-refractivity contribution is 6.30. The van der Waals surface area contributed by atoms with Gasteiger partial charge in [0.05, 0.1) is 12.5 Å². The molecule has 4 N–H and O–H groups in total. The lowest BCUT2D eigenvalue weighted by atomic mass is 10.0. The third-order valence-corrected chi connectivity index (χ3v) is 4.44. The second-order valence-corrected chi connectivity index (χ2v) is 6.91. The largest absolute Gasteiger partial charge is 0.452 e. The molecule has 8 heteroatoms. The maximum Gasteiger partial charge on any atom is 0.312 e. The molecule has 0 fully saturated rings. The Hall–Kier alpha value is -3.06. The fourth-order valence-corrected chi connectivity index (χ4v) is 2.83. The summed E-state index contributed by atoms with van der Waals surface area (Å²) >= 11 is 5.86. The number of urea groups is 1. The van der Waals surface area contributed by atoms with Gasteiger partial charge in [-0.2, -0.15) is 0 Å². The number of ether oxygens (including phenoxy) is 1. The fourth-order valence-electron chi connectivity index (χ4n) is 2.70. The molecule has 0 heterocycles. The summed E-state index contributed by atoms with van der Waals surface area (Å²) in [5, 5.41) is 5.76. The third-order valence-electron chi connectivity index (χ3n) is 4.19. The Morgan fingerprint density at radius 1 is 1.07 bits per heavy atom. The minimum absolute atomic E-state index is 0.174. The highest BCUT2D eigenvalue weighted by Crippen LogP contribution is 2.20. The summed E-state index contributed by atoms with van der Waals surface area (Å²) in [5.74, 6) is -1.02. The van der Waals surface area contributed by atoms with Crippen LogP contribution in [0.5, 0.6) is 0 Å². The van der Waals surface area contributed by atoms with Crippen molar-refractivity contribution in [3.63, 3.8) is 0 Å². The van der Waals surface area contributed by atoms with Crippen LogP contribution in [0, 0.1) is 0 Å². The molecule has 0 saturated carbocycles. The first-order chi connectivity index (χ1) is 13.8. The van der Waals surface area contributed by atoms with Crippen LogP contribution in [0.25, 0.3) is 0 Å². The molecule has 2 aromatic rings. The van der Waals surface area contributed by atoms with Crippen LogP contribution in [-0.2, 0) is 20.7 Å². The average molecular weight is 418 g/mol. The topological polar surface area (TPSA) is 111 Å². The molecule has 2 atom stereocenters. The zero-order valence-corrected chi connectivity index (χ0v) is 16.8. The average Bonchev–Trinajstić information content (AvgIpc) is 2.68. The van der Waals surface area contributed by atoms with Crippen LogP contribution in [0.2, 0.25) is 5.02 Å². The van der Waals surface area contributed by atoms with Gasteiger partial charge in [-0.1, -0.05) is 54.1 Å². The lowest BCUT2D eigenvalue weighted by molar-refractivity contribution is -0.155. The normalized spacial score (nSPS) is 12.5. The van der Waals surface area contributed by atoms with Crippen LogP contribution in [0.15, 0.2) is 54.6 Å². The van der Waals surface area contributed by atoms with Crippen LogP contribution >= 0.6 is 11.6 Å². The predicted octanol–water partition coefficient (Wildman–Crippen LogP) is 2.73. The molecule has 0 radical (unpaired) electrons. The van der Waals surface area contributed by atoms with E-state index in [-0.39, 0.29) is 12.3 Å². The van der Waals surface area contributed by atoms with Gasteiger partial charge < -0.3 is 21.1 Å². The lowest BCUT2D eigenvalue weighted by Gasteiger charge is -2.19. The second-order valence-electron chi connectivity index (χ2n) is 6.48. The molecule has 0 saturated heterocycles. The minimum Gasteiger partial charge on any atom is -0.452 e. The summed E-state index contributed by atoms with van der Waals surface area (Å²) in [4.78, 5) is 35.7. The monoisotopic (exact) mass is 417 g/mol. The van der Waals surface area contributed by atoms with Crippen molar-refractivity contribution in [3.05, 3.63) is 70.7 Å². The molecule has 0 aliphatic heterocycles. The highest BCUT2D eigenvalue weighted by Gasteiger charge is 2.22. The van der Waals surface area contributed by atoms with Gasteiger partial charge in [0.2, 0.25) is 0 Å². The van der Waals surface area contributed by atoms with Crippen molar-refractivity contribution in [1.82, 2.24) is 10.6 Å². The molecule has 0 aliphatic rings. The number of hydrogen-bond acceptors (Lipinski definition) is 4. The Morgan fingerprint density at radius 2 is 1.72 bits per heavy atom. The molecule has 3 amide bonds. The predicted molar refractivity (Wildman–Crippen MR) is 110 cm³/mol. The fraction of sp³-hybridized carbons (Fsp3) is 0.286. The van der Waals surface area contributed by atoms with Gasteiger partial charge in [-0.05, 0) is 36.6 Å². The molecule has 0 aromatic heterocycles. The number of halogens is 1. The second kappa shape index (κ2) is 11.1. The summed E-state index contributed by atoms with van der Waals surface area (Å²) in [6.45, 7) is 1.93. The zero-order valence-electron chi connectivity index (χ0n) is 16.1. The number of carbonyl (C=O) groups excluding carboxylic acids is 3. The van der Waals surface area contributed by atoms with E-state index in [1.165, 1.54) is 6.92 Å². The van der Waals surface area contributed by atoms with Gasteiger partial charge in [-0.3, -0.25) is 9.59 Å². The Kier molecular flexibility index (Phi) is 8.48. The van der Waals surface area contributed by atoms with Crippen molar-refractivity contribution in [2.45, 2.75) is 31.9 Å². The van der Waals surface area contributed by atoms with E-state index in [2.05, 4.69) is 10.6 Å². The van der Waals surface area contributed by atoms with Gasteiger partial charge in [0.1, 0.15) is 0 Å². The number of rotatable bonds is 9. The molecule has 2 rings (SSSR count). The minimum atomic E-state index is -0.960. The summed E-state index contributed by atoms with van der Waals surface area (Å²) in [5.41, 5.74) is 6.94. The van der Waals surface area contributed by atoms with Gasteiger partial charge in [-0.25, -0.2) is 4.79 Å². The highest BCUT2D eigenvalue weighted by atomic mass is 35.5. The maximum atomic E-state index is 12.3. The molecule has 154 valence electrons. The molecular weight excluding hydrogens is 394 g/mol. The number of carbonyl (C=O) groups is 3. The van der Waals surface area contributed by atoms with Crippen LogP contribution in [-0.4, -0.2) is 30.6 Å². The van der Waals surface area contributed by atoms with E-state index in [1.807, 2.05) is 30.3 Å². The molecular formula is C21H24ClN3O4. The lowest BCUT2D eigenvalue weighted by Crippen LogP contribution is -2.38. The van der Waals surface area contributed by atoms with Crippen molar-refractivity contribution in [2.24, 2.45) is 5.73 Å². The molecule has 7 nitrogen and oxygen atoms in total. The van der Waals surface area contributed by atoms with E-state index in [9.17, 15) is 14.4 Å². The van der Waals surface area contributed by atoms with Gasteiger partial charge in [0.25, 0.3) is 5.91 Å². The van der Waals surface area contributed by atoms with Crippen molar-refractivity contribution in [1.29, 1.82) is 0 Å². The van der Waals surface area contributed by atoms with Gasteiger partial charge >= 0.3 is 12.0 Å². The summed E-state index contributed by atoms with van der Waals surface area (Å²) in [7, 11) is 0. The Labute approximate surface area is 174 Å². The van der Waals surface area contributed by atoms with Crippen LogP contribution in [0.3, 0.4) is 0 Å². The van der Waals surface area contributed by atoms with Crippen molar-refractivity contribution in [3.8, 4) is 0 Å². The van der Waals surface area contributed by atoms with E-state index < -0.39 is 24.1 Å². The van der Waals surface area contributed by atoms with Crippen molar-refractivity contribution < 1.29 is 19.1 Å². The van der Waals surface area contributed by atoms with Crippen LogP contribution < -0.4 is 16.4 Å². The number of amides is 3. The van der Waals surface area contributed by atoms with Crippen molar-refractivity contribution >= 4 is 29.5 Å². The molecule has 0 unspecified atom stereocenters. The van der Waals surface area contributed by atoms with Gasteiger partial charge in [0.15, 0.2) is 6.10 Å². The van der Waals surface area contributed by atoms with E-state index in [0.29, 0.717) is 23.6 Å². The summed E-state index contributed by atoms with van der Waals surface area (Å²) in [6, 6.07) is 14.9. The van der Waals surface area contributed by atoms with E-state index in [4.69, 9.17) is 22.1 Å². The molecule has 0 aliphatic carbocycles. The van der Waals surface area contributed by atoms with E-state index in [0.717, 1.165) is 5.56 Å². The molecule has 0 spiro atoms. The number of hydrogen-bond donors (Lipinski definition) is 3. The molecule has 0 bridgehead atoms. The number of nitrogens with one attached hydrogen (secondary N) is 2. The Bertz CT molecular complexity index is 828. The van der Waals surface area contributed by atoms with E-state index >= 15 is 0 Å². The number of primary amides is 1.